The lowest BCUT2D eigenvalue weighted by atomic mass is 10.1. The summed E-state index contributed by atoms with van der Waals surface area (Å²) >= 11 is 0. The number of benzene rings is 3. The molecule has 1 fully saturated rings. The fourth-order valence-electron chi connectivity index (χ4n) is 4.03. The van der Waals surface area contributed by atoms with Crippen molar-refractivity contribution in [2.75, 3.05) is 31.1 Å². The van der Waals surface area contributed by atoms with Crippen molar-refractivity contribution in [3.63, 3.8) is 0 Å². The number of para-hydroxylation sites is 1. The van der Waals surface area contributed by atoms with E-state index in [9.17, 15) is 9.18 Å². The van der Waals surface area contributed by atoms with Gasteiger partial charge >= 0.3 is 0 Å². The van der Waals surface area contributed by atoms with Crippen molar-refractivity contribution in [3.8, 4) is 0 Å². The highest BCUT2D eigenvalue weighted by atomic mass is 19.1. The maximum absolute atomic E-state index is 14.0. The lowest BCUT2D eigenvalue weighted by Crippen LogP contribution is -2.46. The highest BCUT2D eigenvalue weighted by Crippen LogP contribution is 2.21. The Kier molecular flexibility index (Phi) is 6.63. The number of hydrogen-bond donors (Lipinski definition) is 1. The Hall–Kier alpha value is -3.18. The number of carbonyl (C=O) groups excluding carboxylic acids is 1. The minimum atomic E-state index is -0.166. The van der Waals surface area contributed by atoms with E-state index >= 15 is 0 Å². The number of amides is 1. The number of nitrogens with zero attached hydrogens (tertiary/aromatic N) is 2. The summed E-state index contributed by atoms with van der Waals surface area (Å²) in [5, 5.41) is 3.01. The molecule has 0 bridgehead atoms. The molecule has 4 nitrogen and oxygen atoms in total. The van der Waals surface area contributed by atoms with Gasteiger partial charge in [0.15, 0.2) is 0 Å². The van der Waals surface area contributed by atoms with Gasteiger partial charge in [-0.2, -0.15) is 0 Å². The Bertz CT molecular complexity index is 1040. The Labute approximate surface area is 183 Å². The second-order valence-corrected chi connectivity index (χ2v) is 8.09. The molecule has 1 saturated heterocycles. The molecule has 1 N–H and O–H groups in total. The molecule has 0 radical (unpaired) electrons. The van der Waals surface area contributed by atoms with Gasteiger partial charge in [0.1, 0.15) is 5.82 Å². The summed E-state index contributed by atoms with van der Waals surface area (Å²) in [6, 6.07) is 22.9. The molecule has 160 valence electrons. The molecule has 4 rings (SSSR count). The first-order valence-corrected chi connectivity index (χ1v) is 10.7. The van der Waals surface area contributed by atoms with Gasteiger partial charge in [0, 0.05) is 44.8 Å². The fourth-order valence-corrected chi connectivity index (χ4v) is 4.03. The molecule has 0 aromatic heterocycles. The zero-order valence-corrected chi connectivity index (χ0v) is 17.9. The van der Waals surface area contributed by atoms with Crippen molar-refractivity contribution in [2.45, 2.75) is 20.0 Å². The molecule has 31 heavy (non-hydrogen) atoms. The number of nitrogens with one attached hydrogen (secondary N) is 1. The van der Waals surface area contributed by atoms with Gasteiger partial charge in [-0.05, 0) is 42.3 Å². The number of anilines is 1. The van der Waals surface area contributed by atoms with E-state index in [1.807, 2.05) is 55.5 Å². The van der Waals surface area contributed by atoms with Crippen LogP contribution in [0.3, 0.4) is 0 Å². The highest BCUT2D eigenvalue weighted by Gasteiger charge is 2.19. The van der Waals surface area contributed by atoms with Crippen LogP contribution in [0.4, 0.5) is 10.1 Å². The maximum Gasteiger partial charge on any atom is 0.251 e. The molecule has 1 heterocycles. The third-order valence-electron chi connectivity index (χ3n) is 5.70. The van der Waals surface area contributed by atoms with Gasteiger partial charge in [0.2, 0.25) is 0 Å². The van der Waals surface area contributed by atoms with Crippen molar-refractivity contribution in [2.24, 2.45) is 0 Å². The van der Waals surface area contributed by atoms with E-state index in [0.717, 1.165) is 43.9 Å². The van der Waals surface area contributed by atoms with Crippen LogP contribution >= 0.6 is 0 Å². The minimum Gasteiger partial charge on any atom is -0.367 e. The second kappa shape index (κ2) is 9.75. The summed E-state index contributed by atoms with van der Waals surface area (Å²) in [4.78, 5) is 17.1. The van der Waals surface area contributed by atoms with Crippen molar-refractivity contribution in [3.05, 3.63) is 101 Å². The number of carbonyl (C=O) groups is 1. The zero-order valence-electron chi connectivity index (χ0n) is 17.9. The second-order valence-electron chi connectivity index (χ2n) is 8.09. The molecule has 0 atom stereocenters. The summed E-state index contributed by atoms with van der Waals surface area (Å²) in [6.45, 7) is 6.64. The van der Waals surface area contributed by atoms with Crippen molar-refractivity contribution < 1.29 is 9.18 Å². The quantitative estimate of drug-likeness (QED) is 0.646. The van der Waals surface area contributed by atoms with Gasteiger partial charge in [0.25, 0.3) is 5.91 Å². The zero-order chi connectivity index (χ0) is 21.6. The molecule has 1 aliphatic heterocycles. The van der Waals surface area contributed by atoms with Crippen LogP contribution < -0.4 is 10.2 Å². The third-order valence-corrected chi connectivity index (χ3v) is 5.70. The first kappa shape index (κ1) is 21.1. The van der Waals surface area contributed by atoms with Gasteiger partial charge in [-0.1, -0.05) is 54.1 Å². The van der Waals surface area contributed by atoms with Gasteiger partial charge in [0.05, 0.1) is 5.69 Å². The monoisotopic (exact) mass is 417 g/mol. The molecular formula is C26H28FN3O. The maximum atomic E-state index is 14.0. The minimum absolute atomic E-state index is 0.0623. The van der Waals surface area contributed by atoms with Crippen molar-refractivity contribution >= 4 is 11.6 Å². The van der Waals surface area contributed by atoms with E-state index in [2.05, 4.69) is 27.2 Å². The molecule has 0 saturated carbocycles. The van der Waals surface area contributed by atoms with Crippen LogP contribution in [0, 0.1) is 12.7 Å². The van der Waals surface area contributed by atoms with Gasteiger partial charge < -0.3 is 10.2 Å². The standard InChI is InChI=1S/C26H28FN3O/c1-20-6-4-7-21(16-20)18-28-26(31)23-9-5-8-22(17-23)19-29-12-14-30(15-13-29)25-11-3-2-10-24(25)27/h2-11,16-17H,12-15,18-19H2,1H3,(H,28,31). The van der Waals surface area contributed by atoms with Gasteiger partial charge in [-0.15, -0.1) is 0 Å². The lowest BCUT2D eigenvalue weighted by Gasteiger charge is -2.36. The van der Waals surface area contributed by atoms with Gasteiger partial charge in [-0.25, -0.2) is 4.39 Å². The fraction of sp³-hybridized carbons (Fsp3) is 0.269. The summed E-state index contributed by atoms with van der Waals surface area (Å²) in [5.74, 6) is -0.229. The number of rotatable bonds is 6. The van der Waals surface area contributed by atoms with E-state index in [1.165, 1.54) is 11.6 Å². The molecule has 0 spiro atoms. The summed E-state index contributed by atoms with van der Waals surface area (Å²) in [5.41, 5.74) is 4.74. The summed E-state index contributed by atoms with van der Waals surface area (Å²) < 4.78 is 14.0. The SMILES string of the molecule is Cc1cccc(CNC(=O)c2cccc(CN3CCN(c4ccccc4F)CC3)c2)c1. The molecular weight excluding hydrogens is 389 g/mol. The van der Waals surface area contributed by atoms with Crippen LogP contribution in [0.15, 0.2) is 72.8 Å². The molecule has 5 heteroatoms. The van der Waals surface area contributed by atoms with Crippen LogP contribution in [0.25, 0.3) is 0 Å². The average Bonchev–Trinajstić information content (AvgIpc) is 2.79. The lowest BCUT2D eigenvalue weighted by molar-refractivity contribution is 0.0950. The largest absolute Gasteiger partial charge is 0.367 e. The number of halogens is 1. The highest BCUT2D eigenvalue weighted by molar-refractivity contribution is 5.94. The van der Waals surface area contributed by atoms with E-state index in [0.29, 0.717) is 17.8 Å². The van der Waals surface area contributed by atoms with Crippen LogP contribution in [0.2, 0.25) is 0 Å². The van der Waals surface area contributed by atoms with E-state index in [-0.39, 0.29) is 11.7 Å². The number of hydrogen-bond acceptors (Lipinski definition) is 3. The van der Waals surface area contributed by atoms with Crippen LogP contribution in [-0.2, 0) is 13.1 Å². The Balaban J connectivity index is 1.31. The average molecular weight is 418 g/mol. The Morgan fingerprint density at radius 3 is 2.42 bits per heavy atom. The Morgan fingerprint density at radius 1 is 0.903 bits per heavy atom. The first-order valence-electron chi connectivity index (χ1n) is 10.7. The van der Waals surface area contributed by atoms with E-state index < -0.39 is 0 Å². The molecule has 1 amide bonds. The van der Waals surface area contributed by atoms with Gasteiger partial charge in [-0.3, -0.25) is 9.69 Å². The molecule has 3 aromatic carbocycles. The van der Waals surface area contributed by atoms with E-state index in [1.54, 1.807) is 6.07 Å². The molecule has 0 aliphatic carbocycles. The summed E-state index contributed by atoms with van der Waals surface area (Å²) in [7, 11) is 0. The first-order chi connectivity index (χ1) is 15.1. The van der Waals surface area contributed by atoms with Crippen LogP contribution in [-0.4, -0.2) is 37.0 Å². The van der Waals surface area contributed by atoms with Crippen molar-refractivity contribution in [1.82, 2.24) is 10.2 Å². The summed E-state index contributed by atoms with van der Waals surface area (Å²) in [6.07, 6.45) is 0. The molecule has 3 aromatic rings. The smallest absolute Gasteiger partial charge is 0.251 e. The van der Waals surface area contributed by atoms with Crippen LogP contribution in [0.5, 0.6) is 0 Å². The number of piperazine rings is 1. The number of aryl methyl sites for hydroxylation is 1. The topological polar surface area (TPSA) is 35.6 Å². The van der Waals surface area contributed by atoms with E-state index in [4.69, 9.17) is 0 Å². The normalized spacial score (nSPS) is 14.5. The van der Waals surface area contributed by atoms with Crippen LogP contribution in [0.1, 0.15) is 27.0 Å². The third kappa shape index (κ3) is 5.50. The predicted molar refractivity (Wildman–Crippen MR) is 123 cm³/mol. The van der Waals surface area contributed by atoms with Crippen molar-refractivity contribution in [1.29, 1.82) is 0 Å². The Morgan fingerprint density at radius 2 is 1.65 bits per heavy atom. The predicted octanol–water partition coefficient (Wildman–Crippen LogP) is 4.39. The molecule has 0 unspecified atom stereocenters. The molecule has 1 aliphatic rings.